The Hall–Kier alpha value is -4.56. The lowest BCUT2D eigenvalue weighted by atomic mass is 9.88. The number of nitrogens with zero attached hydrogens (tertiary/aromatic N) is 2. The summed E-state index contributed by atoms with van der Waals surface area (Å²) in [6.07, 6.45) is 12.3. The summed E-state index contributed by atoms with van der Waals surface area (Å²) in [6, 6.07) is 8.56. The van der Waals surface area contributed by atoms with E-state index in [1.807, 2.05) is 6.07 Å². The largest absolute Gasteiger partial charge is 0.507 e. The van der Waals surface area contributed by atoms with Gasteiger partial charge in [-0.15, -0.1) is 0 Å². The molecule has 54 heavy (non-hydrogen) atoms. The van der Waals surface area contributed by atoms with Gasteiger partial charge in [0.25, 0.3) is 0 Å². The summed E-state index contributed by atoms with van der Waals surface area (Å²) in [5.41, 5.74) is 1.24. The minimum Gasteiger partial charge on any atom is -0.507 e. The van der Waals surface area contributed by atoms with Crippen molar-refractivity contribution in [3.63, 3.8) is 0 Å². The van der Waals surface area contributed by atoms with Crippen LogP contribution in [0.3, 0.4) is 0 Å². The summed E-state index contributed by atoms with van der Waals surface area (Å²) < 4.78 is 0. The van der Waals surface area contributed by atoms with Crippen LogP contribution >= 0.6 is 0 Å². The molecule has 4 bridgehead atoms. The number of ketones is 3. The first-order valence-corrected chi connectivity index (χ1v) is 19.7. The number of benzene rings is 2. The molecule has 294 valence electrons. The Bertz CT molecular complexity index is 1630. The van der Waals surface area contributed by atoms with E-state index >= 15 is 0 Å². The zero-order valence-electron chi connectivity index (χ0n) is 32.3. The monoisotopic (exact) mass is 745 g/mol. The molecule has 1 aliphatic heterocycles. The highest BCUT2D eigenvalue weighted by Gasteiger charge is 2.35. The van der Waals surface area contributed by atoms with Gasteiger partial charge in [0.15, 0.2) is 11.6 Å². The van der Waals surface area contributed by atoms with Crippen LogP contribution in [0.15, 0.2) is 36.4 Å². The van der Waals surface area contributed by atoms with Crippen molar-refractivity contribution < 1.29 is 39.3 Å². The third-order valence-electron chi connectivity index (χ3n) is 10.4. The maximum absolute atomic E-state index is 14.1. The number of Topliss-reactive ketones (excluding diaryl/α,β-unsaturated/α-hetero) is 3. The van der Waals surface area contributed by atoms with Gasteiger partial charge < -0.3 is 25.5 Å². The number of hydrogen-bond donors (Lipinski definition) is 4. The van der Waals surface area contributed by atoms with E-state index in [-0.39, 0.29) is 66.3 Å². The van der Waals surface area contributed by atoms with Crippen molar-refractivity contribution in [2.45, 2.75) is 135 Å². The molecule has 3 rings (SSSR count). The maximum atomic E-state index is 14.1. The first kappa shape index (κ1) is 43.8. The Labute approximate surface area is 320 Å². The summed E-state index contributed by atoms with van der Waals surface area (Å²) in [4.78, 5) is 68.7. The molecular weight excluding hydrogens is 686 g/mol. The van der Waals surface area contributed by atoms with Gasteiger partial charge in [0.05, 0.1) is 24.6 Å². The van der Waals surface area contributed by atoms with Gasteiger partial charge in [-0.2, -0.15) is 5.26 Å². The minimum atomic E-state index is -1.27. The van der Waals surface area contributed by atoms with Crippen molar-refractivity contribution in [3.8, 4) is 28.7 Å². The SMILES string of the molecule is CCCCCCCCCCCCCC(=O)C[C@@H](CO)C(=O)N(C)[C@@H]1C(=O)C[C@@H](C)C(=O)N[C@H](C(=O)CCC#N)Cc2ccc(O)c(c2)-c2cc1ccc2O. The normalized spacial score (nSPS) is 17.9. The van der Waals surface area contributed by atoms with Gasteiger partial charge in [-0.05, 0) is 48.2 Å². The summed E-state index contributed by atoms with van der Waals surface area (Å²) in [5.74, 6) is -4.60. The molecule has 11 nitrogen and oxygen atoms in total. The second-order valence-corrected chi connectivity index (χ2v) is 14.8. The Morgan fingerprint density at radius 1 is 0.870 bits per heavy atom. The molecule has 0 aliphatic carbocycles. The van der Waals surface area contributed by atoms with Gasteiger partial charge in [-0.25, -0.2) is 0 Å². The van der Waals surface area contributed by atoms with Crippen LogP contribution in [0.5, 0.6) is 11.5 Å². The third-order valence-corrected chi connectivity index (χ3v) is 10.4. The van der Waals surface area contributed by atoms with E-state index in [0.717, 1.165) is 19.3 Å². The third kappa shape index (κ3) is 13.1. The van der Waals surface area contributed by atoms with Crippen LogP contribution in [0.2, 0.25) is 0 Å². The number of nitrogens with one attached hydrogen (secondary N) is 1. The molecule has 2 aromatic carbocycles. The predicted octanol–water partition coefficient (Wildman–Crippen LogP) is 7.04. The van der Waals surface area contributed by atoms with Crippen LogP contribution < -0.4 is 5.32 Å². The Balaban J connectivity index is 1.81. The molecule has 11 heteroatoms. The number of aliphatic hydroxyl groups is 1. The van der Waals surface area contributed by atoms with Crippen LogP contribution in [-0.4, -0.2) is 69.1 Å². The smallest absolute Gasteiger partial charge is 0.229 e. The molecular formula is C43H59N3O8. The van der Waals surface area contributed by atoms with Crippen molar-refractivity contribution in [2.75, 3.05) is 13.7 Å². The number of amides is 2. The molecule has 0 unspecified atom stereocenters. The van der Waals surface area contributed by atoms with Crippen molar-refractivity contribution in [1.82, 2.24) is 10.2 Å². The molecule has 0 aromatic heterocycles. The van der Waals surface area contributed by atoms with Crippen LogP contribution in [0.1, 0.15) is 134 Å². The van der Waals surface area contributed by atoms with E-state index in [1.165, 1.54) is 81.2 Å². The first-order valence-electron chi connectivity index (χ1n) is 19.7. The van der Waals surface area contributed by atoms with Crippen LogP contribution in [0, 0.1) is 23.2 Å². The average molecular weight is 746 g/mol. The van der Waals surface area contributed by atoms with Crippen molar-refractivity contribution >= 4 is 29.2 Å². The van der Waals surface area contributed by atoms with E-state index in [4.69, 9.17) is 5.26 Å². The summed E-state index contributed by atoms with van der Waals surface area (Å²) in [7, 11) is 1.41. The van der Waals surface area contributed by atoms with Gasteiger partial charge >= 0.3 is 0 Å². The number of aromatic hydroxyl groups is 2. The second kappa shape index (κ2) is 22.6. The Kier molecular flexibility index (Phi) is 18.4. The summed E-state index contributed by atoms with van der Waals surface area (Å²) >= 11 is 0. The van der Waals surface area contributed by atoms with Crippen molar-refractivity contribution in [3.05, 3.63) is 47.5 Å². The molecule has 1 heterocycles. The number of fused-ring (bicyclic) bond motifs is 5. The Morgan fingerprint density at radius 2 is 1.46 bits per heavy atom. The molecule has 0 spiro atoms. The standard InChI is InChI=1S/C43H59N3O8/c1-4-5-6-7-8-9-10-11-12-13-14-16-33(48)26-32(28-47)43(54)46(3)41-31-19-21-38(50)35(27-31)34-24-30(18-20-37(34)49)25-36(39(51)17-15-22-44)45-42(53)29(2)23-40(41)52/h18-21,24,27,29,32,36,41,47,49-50H,4-17,23,25-26,28H2,1-3H3,(H,45,53)/t29-,32+,36+,41+/m1/s1. The number of rotatable bonds is 20. The van der Waals surface area contributed by atoms with Crippen LogP contribution in [0.4, 0.5) is 0 Å². The summed E-state index contributed by atoms with van der Waals surface area (Å²) in [5, 5.41) is 43.9. The fourth-order valence-electron chi connectivity index (χ4n) is 7.15. The van der Waals surface area contributed by atoms with Gasteiger partial charge in [0, 0.05) is 56.2 Å². The molecule has 0 saturated heterocycles. The molecule has 1 aliphatic rings. The van der Waals surface area contributed by atoms with Crippen molar-refractivity contribution in [2.24, 2.45) is 11.8 Å². The van der Waals surface area contributed by atoms with Gasteiger partial charge in [0.1, 0.15) is 23.3 Å². The van der Waals surface area contributed by atoms with Gasteiger partial charge in [-0.3, -0.25) is 24.0 Å². The van der Waals surface area contributed by atoms with Gasteiger partial charge in [0.2, 0.25) is 11.8 Å². The average Bonchev–Trinajstić information content (AvgIpc) is 3.15. The topological polar surface area (TPSA) is 185 Å². The van der Waals surface area contributed by atoms with Crippen LogP contribution in [0.25, 0.3) is 11.1 Å². The lowest BCUT2D eigenvalue weighted by Crippen LogP contribution is -2.46. The fraction of sp³-hybridized carbons (Fsp3) is 0.581. The van der Waals surface area contributed by atoms with Gasteiger partial charge in [-0.1, -0.05) is 90.2 Å². The highest BCUT2D eigenvalue weighted by Crippen LogP contribution is 2.39. The highest BCUT2D eigenvalue weighted by atomic mass is 16.3. The zero-order valence-corrected chi connectivity index (χ0v) is 32.3. The van der Waals surface area contributed by atoms with Crippen LogP contribution in [-0.2, 0) is 30.4 Å². The first-order chi connectivity index (χ1) is 25.9. The van der Waals surface area contributed by atoms with Crippen molar-refractivity contribution in [1.29, 1.82) is 5.26 Å². The fourth-order valence-corrected chi connectivity index (χ4v) is 7.15. The molecule has 0 fully saturated rings. The number of phenolic OH excluding ortho intramolecular Hbond substituents is 2. The molecule has 2 aromatic rings. The zero-order chi connectivity index (χ0) is 39.6. The number of phenols is 2. The lowest BCUT2D eigenvalue weighted by molar-refractivity contribution is -0.144. The van der Waals surface area contributed by atoms with E-state index in [2.05, 4.69) is 12.2 Å². The number of hydrogen-bond acceptors (Lipinski definition) is 9. The lowest BCUT2D eigenvalue weighted by Gasteiger charge is -2.31. The van der Waals surface area contributed by atoms with E-state index in [0.29, 0.717) is 24.0 Å². The molecule has 2 amide bonds. The predicted molar refractivity (Wildman–Crippen MR) is 206 cm³/mol. The van der Waals surface area contributed by atoms with E-state index in [1.54, 1.807) is 19.1 Å². The number of unbranched alkanes of at least 4 members (excludes halogenated alkanes) is 10. The highest BCUT2D eigenvalue weighted by molar-refractivity contribution is 5.96. The number of likely N-dealkylation sites (N-methyl/N-ethyl adjacent to an activating group) is 1. The molecule has 4 atom stereocenters. The maximum Gasteiger partial charge on any atom is 0.229 e. The number of carbonyl (C=O) groups excluding carboxylic acids is 5. The minimum absolute atomic E-state index is 0.0391. The number of nitriles is 1. The molecule has 4 N–H and O–H groups in total. The molecule has 0 saturated carbocycles. The Morgan fingerprint density at radius 3 is 2.07 bits per heavy atom. The number of aliphatic hydroxyl groups excluding tert-OH is 1. The molecule has 0 radical (unpaired) electrons. The number of carbonyl (C=O) groups is 5. The summed E-state index contributed by atoms with van der Waals surface area (Å²) in [6.45, 7) is 3.15. The second-order valence-electron chi connectivity index (χ2n) is 14.8. The quantitative estimate of drug-likeness (QED) is 0.103. The van der Waals surface area contributed by atoms with E-state index < -0.39 is 48.1 Å². The van der Waals surface area contributed by atoms with E-state index in [9.17, 15) is 39.3 Å².